The molecule has 1 fully saturated rings. The van der Waals surface area contributed by atoms with Gasteiger partial charge in [-0.25, -0.2) is 4.98 Å². The lowest BCUT2D eigenvalue weighted by Crippen LogP contribution is -2.37. The van der Waals surface area contributed by atoms with Gasteiger partial charge in [0.05, 0.1) is 5.56 Å². The second-order valence-electron chi connectivity index (χ2n) is 6.56. The van der Waals surface area contributed by atoms with E-state index in [0.29, 0.717) is 18.0 Å². The maximum atomic E-state index is 12.6. The van der Waals surface area contributed by atoms with Gasteiger partial charge in [0.25, 0.3) is 5.91 Å². The van der Waals surface area contributed by atoms with Crippen molar-refractivity contribution in [3.63, 3.8) is 0 Å². The van der Waals surface area contributed by atoms with E-state index in [-0.39, 0.29) is 5.91 Å². The van der Waals surface area contributed by atoms with E-state index in [2.05, 4.69) is 34.3 Å². The van der Waals surface area contributed by atoms with E-state index in [9.17, 15) is 4.79 Å². The fourth-order valence-electron chi connectivity index (χ4n) is 3.27. The van der Waals surface area contributed by atoms with E-state index in [1.54, 1.807) is 6.20 Å². The van der Waals surface area contributed by atoms with Crippen molar-refractivity contribution in [1.82, 2.24) is 10.3 Å². The summed E-state index contributed by atoms with van der Waals surface area (Å²) in [4.78, 5) is 19.3. The molecule has 1 N–H and O–H groups in total. The lowest BCUT2D eigenvalue weighted by Gasteiger charge is -2.32. The fraction of sp³-hybridized carbons (Fsp3) is 0.400. The number of carbonyl (C=O) groups is 1. The van der Waals surface area contributed by atoms with Gasteiger partial charge < -0.3 is 10.2 Å². The summed E-state index contributed by atoms with van der Waals surface area (Å²) >= 11 is 0. The highest BCUT2D eigenvalue weighted by Gasteiger charge is 2.22. The molecular weight excluding hydrogens is 298 g/mol. The molecular formula is C20H25N3O. The lowest BCUT2D eigenvalue weighted by atomic mass is 10.00. The van der Waals surface area contributed by atoms with E-state index >= 15 is 0 Å². The van der Waals surface area contributed by atoms with Crippen molar-refractivity contribution in [1.29, 1.82) is 0 Å². The highest BCUT2D eigenvalue weighted by molar-refractivity contribution is 5.98. The Hall–Kier alpha value is -2.36. The standard InChI is InChI=1S/C20H25N3O/c1-16-7-6-14-23(15-16)19-18(10-5-12-21-19)20(24)22-13-11-17-8-3-2-4-9-17/h2-5,8-10,12,16H,6-7,11,13-15H2,1H3,(H,22,24)/t16-/m1/s1. The first-order valence-electron chi connectivity index (χ1n) is 8.76. The average Bonchev–Trinajstić information content (AvgIpc) is 2.62. The number of pyridine rings is 1. The van der Waals surface area contributed by atoms with Crippen LogP contribution in [0.3, 0.4) is 0 Å². The third kappa shape index (κ3) is 4.13. The molecule has 0 aliphatic carbocycles. The number of nitrogens with zero attached hydrogens (tertiary/aromatic N) is 2. The Morgan fingerprint density at radius 1 is 1.25 bits per heavy atom. The number of piperidine rings is 1. The molecule has 4 nitrogen and oxygen atoms in total. The van der Waals surface area contributed by atoms with Crippen LogP contribution in [0.4, 0.5) is 5.82 Å². The van der Waals surface area contributed by atoms with Gasteiger partial charge >= 0.3 is 0 Å². The highest BCUT2D eigenvalue weighted by Crippen LogP contribution is 2.24. The third-order valence-electron chi connectivity index (χ3n) is 4.53. The Morgan fingerprint density at radius 2 is 2.08 bits per heavy atom. The van der Waals surface area contributed by atoms with Crippen LogP contribution in [0.2, 0.25) is 0 Å². The molecule has 1 aromatic carbocycles. The molecule has 2 aromatic rings. The van der Waals surface area contributed by atoms with E-state index in [1.165, 1.54) is 12.0 Å². The molecule has 1 aromatic heterocycles. The molecule has 1 saturated heterocycles. The van der Waals surface area contributed by atoms with Crippen LogP contribution >= 0.6 is 0 Å². The number of carbonyl (C=O) groups excluding carboxylic acids is 1. The van der Waals surface area contributed by atoms with Crippen molar-refractivity contribution in [2.45, 2.75) is 26.2 Å². The van der Waals surface area contributed by atoms with Crippen molar-refractivity contribution >= 4 is 11.7 Å². The first-order valence-corrected chi connectivity index (χ1v) is 8.76. The van der Waals surface area contributed by atoms with Crippen LogP contribution in [0.25, 0.3) is 0 Å². The van der Waals surface area contributed by atoms with E-state index < -0.39 is 0 Å². The summed E-state index contributed by atoms with van der Waals surface area (Å²) in [5.74, 6) is 1.43. The van der Waals surface area contributed by atoms with Gasteiger partial charge in [0.1, 0.15) is 5.82 Å². The quantitative estimate of drug-likeness (QED) is 0.918. The molecule has 1 aliphatic heterocycles. The predicted octanol–water partition coefficient (Wildman–Crippen LogP) is 3.29. The van der Waals surface area contributed by atoms with Crippen LogP contribution in [0.1, 0.15) is 35.7 Å². The van der Waals surface area contributed by atoms with Gasteiger partial charge in [-0.15, -0.1) is 0 Å². The molecule has 0 saturated carbocycles. The maximum Gasteiger partial charge on any atom is 0.255 e. The summed E-state index contributed by atoms with van der Waals surface area (Å²) in [6.45, 7) is 4.84. The van der Waals surface area contributed by atoms with Crippen LogP contribution in [-0.2, 0) is 6.42 Å². The number of hydrogen-bond donors (Lipinski definition) is 1. The van der Waals surface area contributed by atoms with Crippen LogP contribution < -0.4 is 10.2 Å². The normalized spacial score (nSPS) is 17.5. The monoisotopic (exact) mass is 323 g/mol. The second kappa shape index (κ2) is 7.95. The summed E-state index contributed by atoms with van der Waals surface area (Å²) < 4.78 is 0. The number of aromatic nitrogens is 1. The Balaban J connectivity index is 1.64. The molecule has 4 heteroatoms. The number of anilines is 1. The number of rotatable bonds is 5. The Morgan fingerprint density at radius 3 is 2.88 bits per heavy atom. The Labute approximate surface area is 143 Å². The van der Waals surface area contributed by atoms with E-state index in [0.717, 1.165) is 31.7 Å². The summed E-state index contributed by atoms with van der Waals surface area (Å²) in [6, 6.07) is 13.9. The first-order chi connectivity index (χ1) is 11.7. The van der Waals surface area contributed by atoms with Crippen LogP contribution in [0.5, 0.6) is 0 Å². The molecule has 0 radical (unpaired) electrons. The fourth-order valence-corrected chi connectivity index (χ4v) is 3.27. The molecule has 3 rings (SSSR count). The Kier molecular flexibility index (Phi) is 5.47. The predicted molar refractivity (Wildman–Crippen MR) is 97.3 cm³/mol. The van der Waals surface area contributed by atoms with Crippen LogP contribution in [0, 0.1) is 5.92 Å². The lowest BCUT2D eigenvalue weighted by molar-refractivity contribution is 0.0954. The summed E-state index contributed by atoms with van der Waals surface area (Å²) in [5.41, 5.74) is 1.91. The number of hydrogen-bond acceptors (Lipinski definition) is 3. The minimum Gasteiger partial charge on any atom is -0.356 e. The van der Waals surface area contributed by atoms with Gasteiger partial charge in [-0.1, -0.05) is 37.3 Å². The summed E-state index contributed by atoms with van der Waals surface area (Å²) in [7, 11) is 0. The number of nitrogens with one attached hydrogen (secondary N) is 1. The zero-order valence-corrected chi connectivity index (χ0v) is 14.2. The van der Waals surface area contributed by atoms with E-state index in [4.69, 9.17) is 0 Å². The van der Waals surface area contributed by atoms with Gasteiger partial charge in [0.15, 0.2) is 0 Å². The van der Waals surface area contributed by atoms with Crippen molar-refractivity contribution in [2.75, 3.05) is 24.5 Å². The number of amides is 1. The van der Waals surface area contributed by atoms with Crippen molar-refractivity contribution in [2.24, 2.45) is 5.92 Å². The minimum atomic E-state index is -0.0349. The minimum absolute atomic E-state index is 0.0349. The molecule has 1 atom stereocenters. The molecule has 2 heterocycles. The average molecular weight is 323 g/mol. The van der Waals surface area contributed by atoms with E-state index in [1.807, 2.05) is 30.3 Å². The van der Waals surface area contributed by atoms with Crippen LogP contribution in [0.15, 0.2) is 48.7 Å². The maximum absolute atomic E-state index is 12.6. The third-order valence-corrected chi connectivity index (χ3v) is 4.53. The van der Waals surface area contributed by atoms with Gasteiger partial charge in [-0.2, -0.15) is 0 Å². The summed E-state index contributed by atoms with van der Waals surface area (Å²) in [5, 5.41) is 3.03. The highest BCUT2D eigenvalue weighted by atomic mass is 16.1. The van der Waals surface area contributed by atoms with Crippen molar-refractivity contribution < 1.29 is 4.79 Å². The van der Waals surface area contributed by atoms with Crippen molar-refractivity contribution in [3.8, 4) is 0 Å². The van der Waals surface area contributed by atoms with Crippen molar-refractivity contribution in [3.05, 3.63) is 59.8 Å². The molecule has 0 bridgehead atoms. The second-order valence-corrected chi connectivity index (χ2v) is 6.56. The largest absolute Gasteiger partial charge is 0.356 e. The zero-order chi connectivity index (χ0) is 16.8. The first kappa shape index (κ1) is 16.5. The van der Waals surface area contributed by atoms with Crippen LogP contribution in [-0.4, -0.2) is 30.5 Å². The smallest absolute Gasteiger partial charge is 0.255 e. The van der Waals surface area contributed by atoms with Gasteiger partial charge in [-0.3, -0.25) is 4.79 Å². The van der Waals surface area contributed by atoms with Gasteiger partial charge in [0.2, 0.25) is 0 Å². The SMILES string of the molecule is C[C@@H]1CCCN(c2ncccc2C(=O)NCCc2ccccc2)C1. The van der Waals surface area contributed by atoms with Gasteiger partial charge in [-0.05, 0) is 42.9 Å². The number of benzene rings is 1. The molecule has 0 spiro atoms. The Bertz CT molecular complexity index is 672. The van der Waals surface area contributed by atoms with Gasteiger partial charge in [0, 0.05) is 25.8 Å². The molecule has 1 amide bonds. The topological polar surface area (TPSA) is 45.2 Å². The molecule has 1 aliphatic rings. The summed E-state index contributed by atoms with van der Waals surface area (Å²) in [6.07, 6.45) is 5.02. The molecule has 0 unspecified atom stereocenters. The molecule has 24 heavy (non-hydrogen) atoms. The zero-order valence-electron chi connectivity index (χ0n) is 14.2. The molecule has 126 valence electrons.